The Morgan fingerprint density at radius 3 is 2.58 bits per heavy atom. The topological polar surface area (TPSA) is 61.3 Å². The average molecular weight is 346 g/mol. The van der Waals surface area contributed by atoms with Gasteiger partial charge in [-0.2, -0.15) is 18.2 Å². The molecule has 0 bridgehead atoms. The summed E-state index contributed by atoms with van der Waals surface area (Å²) in [7, 11) is 3.27. The Morgan fingerprint density at radius 2 is 1.96 bits per heavy atom. The number of aliphatic hydroxyl groups is 1. The van der Waals surface area contributed by atoms with Gasteiger partial charge in [-0.1, -0.05) is 12.8 Å². The van der Waals surface area contributed by atoms with Gasteiger partial charge < -0.3 is 15.3 Å². The molecule has 8 heteroatoms. The molecule has 2 atom stereocenters. The van der Waals surface area contributed by atoms with E-state index in [1.165, 1.54) is 4.90 Å². The summed E-state index contributed by atoms with van der Waals surface area (Å²) in [6.45, 7) is 0.484. The summed E-state index contributed by atoms with van der Waals surface area (Å²) in [4.78, 5) is 9.18. The van der Waals surface area contributed by atoms with E-state index in [-0.39, 0.29) is 17.9 Å². The maximum Gasteiger partial charge on any atom is 0.433 e. The average Bonchev–Trinajstić information content (AvgIpc) is 2.52. The van der Waals surface area contributed by atoms with Crippen LogP contribution in [0.15, 0.2) is 6.07 Å². The number of nitrogens with one attached hydrogen (secondary N) is 1. The molecule has 2 unspecified atom stereocenters. The molecule has 136 valence electrons. The van der Waals surface area contributed by atoms with Crippen LogP contribution in [0.3, 0.4) is 0 Å². The summed E-state index contributed by atoms with van der Waals surface area (Å²) in [5.41, 5.74) is -0.952. The number of rotatable bonds is 6. The zero-order valence-electron chi connectivity index (χ0n) is 14.1. The van der Waals surface area contributed by atoms with Crippen LogP contribution in [0.5, 0.6) is 0 Å². The number of aliphatic hydroxyl groups excluding tert-OH is 1. The van der Waals surface area contributed by atoms with E-state index in [9.17, 15) is 18.3 Å². The Bertz CT molecular complexity index is 537. The first kappa shape index (κ1) is 18.8. The molecule has 0 spiro atoms. The van der Waals surface area contributed by atoms with E-state index in [0.29, 0.717) is 12.5 Å². The third-order valence-electron chi connectivity index (χ3n) is 4.37. The SMILES string of the molecule is CN(C)c1cc(C(F)(F)F)nc(NCCCC2CCCCC2O)n1. The first-order chi connectivity index (χ1) is 11.3. The van der Waals surface area contributed by atoms with Crippen LogP contribution in [0.25, 0.3) is 0 Å². The fourth-order valence-corrected chi connectivity index (χ4v) is 2.98. The van der Waals surface area contributed by atoms with Crippen LogP contribution < -0.4 is 10.2 Å². The molecule has 5 nitrogen and oxygen atoms in total. The lowest BCUT2D eigenvalue weighted by atomic mass is 9.83. The fraction of sp³-hybridized carbons (Fsp3) is 0.750. The standard InChI is InChI=1S/C16H25F3N4O/c1-23(2)14-10-13(16(17,18)19)21-15(22-14)20-9-5-7-11-6-3-4-8-12(11)24/h10-12,24H,3-9H2,1-2H3,(H,20,21,22). The van der Waals surface area contributed by atoms with Crippen molar-refractivity contribution in [1.82, 2.24) is 9.97 Å². The van der Waals surface area contributed by atoms with E-state index >= 15 is 0 Å². The second kappa shape index (κ2) is 8.00. The lowest BCUT2D eigenvalue weighted by Crippen LogP contribution is -2.25. The molecule has 2 rings (SSSR count). The van der Waals surface area contributed by atoms with Gasteiger partial charge in [0.2, 0.25) is 5.95 Å². The zero-order valence-corrected chi connectivity index (χ0v) is 14.1. The van der Waals surface area contributed by atoms with Crippen molar-refractivity contribution in [2.75, 3.05) is 30.9 Å². The first-order valence-electron chi connectivity index (χ1n) is 8.33. The van der Waals surface area contributed by atoms with Crippen molar-refractivity contribution in [3.8, 4) is 0 Å². The summed E-state index contributed by atoms with van der Waals surface area (Å²) < 4.78 is 38.8. The maximum atomic E-state index is 12.9. The van der Waals surface area contributed by atoms with Gasteiger partial charge in [-0.3, -0.25) is 0 Å². The highest BCUT2D eigenvalue weighted by molar-refractivity contribution is 5.44. The van der Waals surface area contributed by atoms with E-state index in [4.69, 9.17) is 0 Å². The largest absolute Gasteiger partial charge is 0.433 e. The second-order valence-electron chi connectivity index (χ2n) is 6.51. The fourth-order valence-electron chi connectivity index (χ4n) is 2.98. The van der Waals surface area contributed by atoms with Gasteiger partial charge in [0.15, 0.2) is 5.69 Å². The van der Waals surface area contributed by atoms with Gasteiger partial charge in [0, 0.05) is 26.7 Å². The van der Waals surface area contributed by atoms with Gasteiger partial charge in [0.25, 0.3) is 0 Å². The molecule has 2 N–H and O–H groups in total. The Hall–Kier alpha value is -1.57. The van der Waals surface area contributed by atoms with Crippen molar-refractivity contribution in [2.45, 2.75) is 50.8 Å². The summed E-state index contributed by atoms with van der Waals surface area (Å²) in [5.74, 6) is 0.487. The van der Waals surface area contributed by atoms with E-state index in [1.54, 1.807) is 14.1 Å². The molecular formula is C16H25F3N4O. The molecule has 1 aromatic heterocycles. The van der Waals surface area contributed by atoms with Gasteiger partial charge in [-0.25, -0.2) is 4.98 Å². The molecule has 1 aliphatic carbocycles. The van der Waals surface area contributed by atoms with Gasteiger partial charge in [0.05, 0.1) is 6.10 Å². The predicted octanol–water partition coefficient (Wildman–Crippen LogP) is 3.30. The number of anilines is 2. The van der Waals surface area contributed by atoms with E-state index in [1.807, 2.05) is 0 Å². The van der Waals surface area contributed by atoms with E-state index in [0.717, 1.165) is 44.6 Å². The van der Waals surface area contributed by atoms with Crippen LogP contribution in [0.2, 0.25) is 0 Å². The number of hydrogen-bond acceptors (Lipinski definition) is 5. The number of nitrogens with zero attached hydrogens (tertiary/aromatic N) is 3. The second-order valence-corrected chi connectivity index (χ2v) is 6.51. The molecule has 0 aromatic carbocycles. The number of alkyl halides is 3. The number of hydrogen-bond donors (Lipinski definition) is 2. The molecule has 1 saturated carbocycles. The molecule has 0 amide bonds. The van der Waals surface area contributed by atoms with Crippen molar-refractivity contribution in [2.24, 2.45) is 5.92 Å². The van der Waals surface area contributed by atoms with Crippen molar-refractivity contribution in [3.05, 3.63) is 11.8 Å². The van der Waals surface area contributed by atoms with Crippen molar-refractivity contribution >= 4 is 11.8 Å². The van der Waals surface area contributed by atoms with Crippen LogP contribution in [-0.2, 0) is 6.18 Å². The van der Waals surface area contributed by atoms with Crippen LogP contribution in [0, 0.1) is 5.92 Å². The molecule has 24 heavy (non-hydrogen) atoms. The van der Waals surface area contributed by atoms with E-state index < -0.39 is 11.9 Å². The Balaban J connectivity index is 1.92. The van der Waals surface area contributed by atoms with Gasteiger partial charge in [0.1, 0.15) is 5.82 Å². The third-order valence-corrected chi connectivity index (χ3v) is 4.37. The summed E-state index contributed by atoms with van der Waals surface area (Å²) in [5, 5.41) is 12.8. The normalized spacial score (nSPS) is 21.6. The van der Waals surface area contributed by atoms with Gasteiger partial charge in [-0.05, 0) is 31.6 Å². The molecular weight excluding hydrogens is 321 g/mol. The molecule has 1 aliphatic rings. The van der Waals surface area contributed by atoms with Crippen molar-refractivity contribution < 1.29 is 18.3 Å². The minimum atomic E-state index is -4.50. The smallest absolute Gasteiger partial charge is 0.393 e. The Morgan fingerprint density at radius 1 is 1.25 bits per heavy atom. The number of aromatic nitrogens is 2. The van der Waals surface area contributed by atoms with Crippen LogP contribution in [0.1, 0.15) is 44.2 Å². The van der Waals surface area contributed by atoms with Gasteiger partial charge >= 0.3 is 6.18 Å². The molecule has 0 radical (unpaired) electrons. The van der Waals surface area contributed by atoms with Crippen molar-refractivity contribution in [1.29, 1.82) is 0 Å². The minimum absolute atomic E-state index is 0.0160. The predicted molar refractivity (Wildman–Crippen MR) is 87.0 cm³/mol. The highest BCUT2D eigenvalue weighted by Gasteiger charge is 2.34. The lowest BCUT2D eigenvalue weighted by molar-refractivity contribution is -0.141. The Kier molecular flexibility index (Phi) is 6.26. The summed E-state index contributed by atoms with van der Waals surface area (Å²) in [6, 6.07) is 0.934. The minimum Gasteiger partial charge on any atom is -0.393 e. The van der Waals surface area contributed by atoms with E-state index in [2.05, 4.69) is 15.3 Å². The summed E-state index contributed by atoms with van der Waals surface area (Å²) >= 11 is 0. The molecule has 1 aromatic rings. The number of halogens is 3. The molecule has 0 aliphatic heterocycles. The highest BCUT2D eigenvalue weighted by Crippen LogP contribution is 2.30. The molecule has 0 saturated heterocycles. The molecule has 1 heterocycles. The monoisotopic (exact) mass is 346 g/mol. The van der Waals surface area contributed by atoms with Crippen LogP contribution in [-0.4, -0.2) is 41.8 Å². The maximum absolute atomic E-state index is 12.9. The first-order valence-corrected chi connectivity index (χ1v) is 8.33. The van der Waals surface area contributed by atoms with Gasteiger partial charge in [-0.15, -0.1) is 0 Å². The zero-order chi connectivity index (χ0) is 17.7. The Labute approximate surface area is 140 Å². The van der Waals surface area contributed by atoms with Crippen molar-refractivity contribution in [3.63, 3.8) is 0 Å². The summed E-state index contributed by atoms with van der Waals surface area (Å²) in [6.07, 6.45) is 0.943. The van der Waals surface area contributed by atoms with Crippen LogP contribution in [0.4, 0.5) is 24.9 Å². The third kappa shape index (κ3) is 5.22. The lowest BCUT2D eigenvalue weighted by Gasteiger charge is -2.27. The van der Waals surface area contributed by atoms with Crippen LogP contribution >= 0.6 is 0 Å². The highest BCUT2D eigenvalue weighted by atomic mass is 19.4. The molecule has 1 fully saturated rings. The quantitative estimate of drug-likeness (QED) is 0.774.